The van der Waals surface area contributed by atoms with Gasteiger partial charge in [-0.25, -0.2) is 4.68 Å². The highest BCUT2D eigenvalue weighted by Crippen LogP contribution is 2.22. The first-order chi connectivity index (χ1) is 12.3. The molecule has 0 unspecified atom stereocenters. The van der Waals surface area contributed by atoms with Crippen LogP contribution in [0.1, 0.15) is 16.1 Å². The molecule has 0 aliphatic heterocycles. The van der Waals surface area contributed by atoms with E-state index in [2.05, 4.69) is 10.3 Å². The first kappa shape index (κ1) is 15.1. The van der Waals surface area contributed by atoms with Crippen LogP contribution in [0.3, 0.4) is 0 Å². The normalized spacial score (nSPS) is 10.8. The molecule has 0 N–H and O–H groups in total. The zero-order valence-corrected chi connectivity index (χ0v) is 13.6. The second kappa shape index (κ2) is 6.20. The number of benzene rings is 3. The molecule has 4 aromatic rings. The molecule has 1 heterocycles. The molecule has 0 atom stereocenters. The van der Waals surface area contributed by atoms with Gasteiger partial charge in [-0.3, -0.25) is 4.79 Å². The fraction of sp³-hybridized carbons (Fsp3) is 0.0500. The number of carbonyl (C=O) groups is 1. The van der Waals surface area contributed by atoms with Crippen LogP contribution in [-0.4, -0.2) is 27.9 Å². The van der Waals surface area contributed by atoms with Crippen LogP contribution in [-0.2, 0) is 0 Å². The second-order valence-corrected chi connectivity index (χ2v) is 5.58. The van der Waals surface area contributed by atoms with Crippen LogP contribution in [0.2, 0.25) is 0 Å². The highest BCUT2D eigenvalue weighted by atomic mass is 16.5. The minimum Gasteiger partial charge on any atom is -0.497 e. The molecule has 0 saturated heterocycles. The van der Waals surface area contributed by atoms with E-state index in [9.17, 15) is 4.79 Å². The van der Waals surface area contributed by atoms with Gasteiger partial charge in [-0.2, -0.15) is 0 Å². The van der Waals surface area contributed by atoms with Crippen molar-refractivity contribution in [1.82, 2.24) is 15.0 Å². The lowest BCUT2D eigenvalue weighted by Crippen LogP contribution is -2.10. The van der Waals surface area contributed by atoms with E-state index in [1.807, 2.05) is 66.7 Å². The number of ketones is 1. The fourth-order valence-corrected chi connectivity index (χ4v) is 2.87. The summed E-state index contributed by atoms with van der Waals surface area (Å²) in [7, 11) is 1.61. The van der Waals surface area contributed by atoms with Crippen molar-refractivity contribution in [2.45, 2.75) is 0 Å². The molecule has 5 nitrogen and oxygen atoms in total. The third-order valence-electron chi connectivity index (χ3n) is 4.13. The predicted octanol–water partition coefficient (Wildman–Crippen LogP) is 3.66. The quantitative estimate of drug-likeness (QED) is 0.536. The molecule has 4 rings (SSSR count). The maximum absolute atomic E-state index is 13.1. The monoisotopic (exact) mass is 329 g/mol. The van der Waals surface area contributed by atoms with Crippen LogP contribution < -0.4 is 4.74 Å². The molecule has 3 aromatic carbocycles. The zero-order chi connectivity index (χ0) is 17.2. The van der Waals surface area contributed by atoms with Crippen LogP contribution in [0.25, 0.3) is 16.5 Å². The topological polar surface area (TPSA) is 57.0 Å². The van der Waals surface area contributed by atoms with E-state index in [1.54, 1.807) is 11.8 Å². The van der Waals surface area contributed by atoms with Gasteiger partial charge in [0.1, 0.15) is 11.4 Å². The molecule has 0 amide bonds. The fourth-order valence-electron chi connectivity index (χ4n) is 2.87. The van der Waals surface area contributed by atoms with Gasteiger partial charge < -0.3 is 4.74 Å². The van der Waals surface area contributed by atoms with E-state index < -0.39 is 0 Å². The highest BCUT2D eigenvalue weighted by molar-refractivity contribution is 6.15. The summed E-state index contributed by atoms with van der Waals surface area (Å²) in [6, 6.07) is 20.9. The first-order valence-electron chi connectivity index (χ1n) is 7.85. The molecule has 0 fully saturated rings. The second-order valence-electron chi connectivity index (χ2n) is 5.58. The summed E-state index contributed by atoms with van der Waals surface area (Å²) in [4.78, 5) is 13.1. The van der Waals surface area contributed by atoms with Gasteiger partial charge in [0.25, 0.3) is 0 Å². The molecule has 0 aliphatic carbocycles. The van der Waals surface area contributed by atoms with E-state index in [4.69, 9.17) is 4.74 Å². The molecule has 122 valence electrons. The van der Waals surface area contributed by atoms with Crippen LogP contribution >= 0.6 is 0 Å². The van der Waals surface area contributed by atoms with Crippen molar-refractivity contribution in [3.05, 3.63) is 84.2 Å². The first-order valence-corrected chi connectivity index (χ1v) is 7.85. The van der Waals surface area contributed by atoms with E-state index in [0.717, 1.165) is 22.2 Å². The van der Waals surface area contributed by atoms with Crippen molar-refractivity contribution < 1.29 is 9.53 Å². The molecular formula is C20H15N3O2. The third-order valence-corrected chi connectivity index (χ3v) is 4.13. The number of aromatic nitrogens is 3. The Hall–Kier alpha value is -3.47. The van der Waals surface area contributed by atoms with E-state index >= 15 is 0 Å². The minimum atomic E-state index is -0.113. The molecule has 0 aliphatic rings. The molecule has 1 aromatic heterocycles. The lowest BCUT2D eigenvalue weighted by molar-refractivity contribution is 0.103. The van der Waals surface area contributed by atoms with Crippen molar-refractivity contribution in [1.29, 1.82) is 0 Å². The van der Waals surface area contributed by atoms with Crippen molar-refractivity contribution >= 4 is 16.6 Å². The summed E-state index contributed by atoms with van der Waals surface area (Å²) in [6.07, 6.45) is 1.49. The molecule has 0 radical (unpaired) electrons. The molecule has 5 heteroatoms. The number of rotatable bonds is 4. The van der Waals surface area contributed by atoms with Crippen molar-refractivity contribution in [2.24, 2.45) is 0 Å². The Morgan fingerprint density at radius 1 is 0.960 bits per heavy atom. The Kier molecular flexibility index (Phi) is 3.74. The van der Waals surface area contributed by atoms with Gasteiger partial charge in [0.05, 0.1) is 19.0 Å². The Morgan fingerprint density at radius 2 is 1.72 bits per heavy atom. The standard InChI is InChI=1S/C20H15N3O2/c1-25-16-11-9-15(10-12-16)23-19(13-21-22-23)20(24)18-8-4-6-14-5-2-3-7-17(14)18/h2-13H,1H3. The van der Waals surface area contributed by atoms with Gasteiger partial charge in [0, 0.05) is 5.56 Å². The summed E-state index contributed by atoms with van der Waals surface area (Å²) >= 11 is 0. The highest BCUT2D eigenvalue weighted by Gasteiger charge is 2.18. The maximum atomic E-state index is 13.1. The number of carbonyl (C=O) groups excluding carboxylic acids is 1. The number of hydrogen-bond acceptors (Lipinski definition) is 4. The van der Waals surface area contributed by atoms with Gasteiger partial charge >= 0.3 is 0 Å². The van der Waals surface area contributed by atoms with Crippen LogP contribution in [0.15, 0.2) is 72.9 Å². The Labute approximate surface area is 144 Å². The summed E-state index contributed by atoms with van der Waals surface area (Å²) in [5, 5.41) is 9.94. The van der Waals surface area contributed by atoms with E-state index in [0.29, 0.717) is 11.3 Å². The molecule has 0 saturated carbocycles. The lowest BCUT2D eigenvalue weighted by atomic mass is 10.00. The summed E-state index contributed by atoms with van der Waals surface area (Å²) in [6.45, 7) is 0. The van der Waals surface area contributed by atoms with Crippen LogP contribution in [0.5, 0.6) is 5.75 Å². The van der Waals surface area contributed by atoms with E-state index in [1.165, 1.54) is 6.20 Å². The van der Waals surface area contributed by atoms with Gasteiger partial charge in [-0.05, 0) is 35.0 Å². The van der Waals surface area contributed by atoms with Crippen molar-refractivity contribution in [2.75, 3.05) is 7.11 Å². The number of fused-ring (bicyclic) bond motifs is 1. The molecule has 0 spiro atoms. The zero-order valence-electron chi connectivity index (χ0n) is 13.6. The van der Waals surface area contributed by atoms with Gasteiger partial charge in [0.15, 0.2) is 0 Å². The minimum absolute atomic E-state index is 0.113. The summed E-state index contributed by atoms with van der Waals surface area (Å²) in [5.41, 5.74) is 1.80. The van der Waals surface area contributed by atoms with Gasteiger partial charge in [0.2, 0.25) is 5.78 Å². The molecule has 0 bridgehead atoms. The van der Waals surface area contributed by atoms with Crippen molar-refractivity contribution in [3.8, 4) is 11.4 Å². The average molecular weight is 329 g/mol. The molecule has 25 heavy (non-hydrogen) atoms. The van der Waals surface area contributed by atoms with Crippen molar-refractivity contribution in [3.63, 3.8) is 0 Å². The average Bonchev–Trinajstić information content (AvgIpc) is 3.17. The van der Waals surface area contributed by atoms with Gasteiger partial charge in [-0.1, -0.05) is 47.7 Å². The number of hydrogen-bond donors (Lipinski definition) is 0. The Morgan fingerprint density at radius 3 is 2.52 bits per heavy atom. The Bertz CT molecular complexity index is 1050. The smallest absolute Gasteiger partial charge is 0.213 e. The number of ether oxygens (including phenoxy) is 1. The summed E-state index contributed by atoms with van der Waals surface area (Å²) in [5.74, 6) is 0.628. The van der Waals surface area contributed by atoms with Gasteiger partial charge in [-0.15, -0.1) is 5.10 Å². The summed E-state index contributed by atoms with van der Waals surface area (Å²) < 4.78 is 6.71. The van der Waals surface area contributed by atoms with E-state index in [-0.39, 0.29) is 5.78 Å². The van der Waals surface area contributed by atoms with Crippen LogP contribution in [0.4, 0.5) is 0 Å². The maximum Gasteiger partial charge on any atom is 0.213 e. The largest absolute Gasteiger partial charge is 0.497 e. The predicted molar refractivity (Wildman–Crippen MR) is 95.3 cm³/mol. The van der Waals surface area contributed by atoms with Crippen LogP contribution in [0, 0.1) is 0 Å². The third kappa shape index (κ3) is 2.65. The number of methoxy groups -OCH3 is 1. The number of nitrogens with zero attached hydrogens (tertiary/aromatic N) is 3. The lowest BCUT2D eigenvalue weighted by Gasteiger charge is -2.08. The SMILES string of the molecule is COc1ccc(-n2nncc2C(=O)c2cccc3ccccc23)cc1. The molecular weight excluding hydrogens is 314 g/mol. The Balaban J connectivity index is 1.80.